The third-order valence-corrected chi connectivity index (χ3v) is 5.29. The number of nitrogens with one attached hydrogen (secondary N) is 1. The number of alkyl halides is 3. The Balaban J connectivity index is 2.08. The van der Waals surface area contributed by atoms with Crippen molar-refractivity contribution in [1.29, 1.82) is 0 Å². The van der Waals surface area contributed by atoms with Crippen molar-refractivity contribution < 1.29 is 22.7 Å². The van der Waals surface area contributed by atoms with Gasteiger partial charge in [-0.2, -0.15) is 13.2 Å². The summed E-state index contributed by atoms with van der Waals surface area (Å²) in [6.07, 6.45) is 0.0347. The van der Waals surface area contributed by atoms with E-state index in [2.05, 4.69) is 21.9 Å². The van der Waals surface area contributed by atoms with Crippen molar-refractivity contribution in [1.82, 2.24) is 20.2 Å². The van der Waals surface area contributed by atoms with E-state index in [9.17, 15) is 18.0 Å². The maximum absolute atomic E-state index is 13.7. The molecule has 35 heavy (non-hydrogen) atoms. The standard InChI is InChI=1S/C26H27F3N4O2/c1-6-8-23(33(4)5)19-13-16(2)32-25-18(19)9-7-10-24(25)35-15-20-21(26(27,28)29)11-12-30-22(20)14-31-17(3)34/h6-13H,1,14-15H2,2-5H3,(H,31,34)/b23-8-. The lowest BCUT2D eigenvalue weighted by atomic mass is 10.0. The number of halogens is 3. The van der Waals surface area contributed by atoms with Crippen LogP contribution in [0.25, 0.3) is 16.6 Å². The number of allylic oxidation sites excluding steroid dienone is 2. The minimum atomic E-state index is -4.61. The van der Waals surface area contributed by atoms with Crippen LogP contribution in [-0.2, 0) is 24.1 Å². The van der Waals surface area contributed by atoms with Gasteiger partial charge >= 0.3 is 6.18 Å². The molecule has 2 heterocycles. The molecule has 0 unspecified atom stereocenters. The summed E-state index contributed by atoms with van der Waals surface area (Å²) in [5.41, 5.74) is 2.14. The van der Waals surface area contributed by atoms with Crippen molar-refractivity contribution in [2.45, 2.75) is 33.2 Å². The fourth-order valence-corrected chi connectivity index (χ4v) is 3.74. The zero-order valence-corrected chi connectivity index (χ0v) is 20.0. The molecule has 0 bridgehead atoms. The second-order valence-corrected chi connectivity index (χ2v) is 8.13. The van der Waals surface area contributed by atoms with Gasteiger partial charge in [-0.3, -0.25) is 9.78 Å². The molecule has 1 N–H and O–H groups in total. The van der Waals surface area contributed by atoms with E-state index < -0.39 is 18.3 Å². The SMILES string of the molecule is C=C/C=C(/c1cc(C)nc2c(OCc3c(C(F)(F)F)ccnc3CNC(C)=O)cccc12)N(C)C. The van der Waals surface area contributed by atoms with E-state index in [4.69, 9.17) is 4.74 Å². The third kappa shape index (κ3) is 5.98. The van der Waals surface area contributed by atoms with Gasteiger partial charge in [-0.1, -0.05) is 24.8 Å². The number of pyridine rings is 2. The highest BCUT2D eigenvalue weighted by Crippen LogP contribution is 2.35. The predicted molar refractivity (Wildman–Crippen MR) is 129 cm³/mol. The normalized spacial score (nSPS) is 11.9. The van der Waals surface area contributed by atoms with Gasteiger partial charge in [-0.25, -0.2) is 4.98 Å². The largest absolute Gasteiger partial charge is 0.487 e. The van der Waals surface area contributed by atoms with Crippen molar-refractivity contribution in [2.75, 3.05) is 14.1 Å². The van der Waals surface area contributed by atoms with Crippen molar-refractivity contribution in [3.05, 3.63) is 83.3 Å². The van der Waals surface area contributed by atoms with Gasteiger partial charge < -0.3 is 15.0 Å². The van der Waals surface area contributed by atoms with Gasteiger partial charge in [-0.05, 0) is 31.2 Å². The van der Waals surface area contributed by atoms with Crippen LogP contribution >= 0.6 is 0 Å². The number of benzene rings is 1. The lowest BCUT2D eigenvalue weighted by Gasteiger charge is -2.21. The van der Waals surface area contributed by atoms with Crippen LogP contribution in [0, 0.1) is 6.92 Å². The highest BCUT2D eigenvalue weighted by molar-refractivity contribution is 5.94. The first-order chi connectivity index (χ1) is 16.5. The summed E-state index contributed by atoms with van der Waals surface area (Å²) in [6, 6.07) is 8.17. The average molecular weight is 485 g/mol. The van der Waals surface area contributed by atoms with E-state index in [1.165, 1.54) is 6.92 Å². The van der Waals surface area contributed by atoms with Crippen molar-refractivity contribution in [2.24, 2.45) is 0 Å². The van der Waals surface area contributed by atoms with Crippen molar-refractivity contribution in [3.8, 4) is 5.75 Å². The Morgan fingerprint density at radius 2 is 2.00 bits per heavy atom. The van der Waals surface area contributed by atoms with Gasteiger partial charge in [0.05, 0.1) is 17.8 Å². The summed E-state index contributed by atoms with van der Waals surface area (Å²) in [4.78, 5) is 22.0. The third-order valence-electron chi connectivity index (χ3n) is 5.29. The molecule has 1 amide bonds. The minimum absolute atomic E-state index is 0.0869. The van der Waals surface area contributed by atoms with E-state index in [1.54, 1.807) is 18.2 Å². The quantitative estimate of drug-likeness (QED) is 0.442. The molecule has 184 valence electrons. The molecule has 0 spiro atoms. The number of hydrogen-bond acceptors (Lipinski definition) is 5. The van der Waals surface area contributed by atoms with E-state index in [0.29, 0.717) is 11.3 Å². The number of rotatable bonds is 8. The highest BCUT2D eigenvalue weighted by atomic mass is 19.4. The van der Waals surface area contributed by atoms with Crippen LogP contribution in [0.2, 0.25) is 0 Å². The molecule has 6 nitrogen and oxygen atoms in total. The first kappa shape index (κ1) is 25.7. The number of ether oxygens (including phenoxy) is 1. The topological polar surface area (TPSA) is 67.4 Å². The predicted octanol–water partition coefficient (Wildman–Crippen LogP) is 5.26. The number of aryl methyl sites for hydroxylation is 1. The second kappa shape index (κ2) is 10.6. The van der Waals surface area contributed by atoms with Gasteiger partial charge in [-0.15, -0.1) is 0 Å². The van der Waals surface area contributed by atoms with E-state index in [1.807, 2.05) is 44.1 Å². The van der Waals surface area contributed by atoms with Crippen molar-refractivity contribution in [3.63, 3.8) is 0 Å². The fraction of sp³-hybridized carbons (Fsp3) is 0.269. The second-order valence-electron chi connectivity index (χ2n) is 8.13. The molecule has 0 saturated heterocycles. The Labute approximate surface area is 202 Å². The number of para-hydroxylation sites is 1. The van der Waals surface area contributed by atoms with Gasteiger partial charge in [0.2, 0.25) is 5.91 Å². The summed E-state index contributed by atoms with van der Waals surface area (Å²) in [5, 5.41) is 3.29. The van der Waals surface area contributed by atoms with Crippen LogP contribution in [0.3, 0.4) is 0 Å². The smallest absolute Gasteiger partial charge is 0.416 e. The Morgan fingerprint density at radius 1 is 1.26 bits per heavy atom. The summed E-state index contributed by atoms with van der Waals surface area (Å²) in [7, 11) is 3.82. The fourth-order valence-electron chi connectivity index (χ4n) is 3.74. The molecule has 0 saturated carbocycles. The zero-order valence-electron chi connectivity index (χ0n) is 20.0. The van der Waals surface area contributed by atoms with Crippen LogP contribution in [0.4, 0.5) is 13.2 Å². The first-order valence-corrected chi connectivity index (χ1v) is 10.8. The molecule has 3 aromatic rings. The van der Waals surface area contributed by atoms with Crippen LogP contribution in [0.1, 0.15) is 35.0 Å². The van der Waals surface area contributed by atoms with E-state index in [0.717, 1.165) is 34.6 Å². The molecule has 1 aromatic carbocycles. The summed E-state index contributed by atoms with van der Waals surface area (Å²) < 4.78 is 47.2. The summed E-state index contributed by atoms with van der Waals surface area (Å²) in [5.74, 6) is -0.0340. The van der Waals surface area contributed by atoms with Crippen LogP contribution in [-0.4, -0.2) is 34.9 Å². The van der Waals surface area contributed by atoms with E-state index in [-0.39, 0.29) is 23.7 Å². The maximum atomic E-state index is 13.7. The minimum Gasteiger partial charge on any atom is -0.487 e. The monoisotopic (exact) mass is 484 g/mol. The van der Waals surface area contributed by atoms with Gasteiger partial charge in [0.1, 0.15) is 17.9 Å². The number of fused-ring (bicyclic) bond motifs is 1. The zero-order chi connectivity index (χ0) is 25.8. The summed E-state index contributed by atoms with van der Waals surface area (Å²) >= 11 is 0. The molecule has 0 fully saturated rings. The molecule has 0 atom stereocenters. The number of carbonyl (C=O) groups excluding carboxylic acids is 1. The maximum Gasteiger partial charge on any atom is 0.416 e. The number of amides is 1. The van der Waals surface area contributed by atoms with Gasteiger partial charge in [0.25, 0.3) is 0 Å². The first-order valence-electron chi connectivity index (χ1n) is 10.8. The summed E-state index contributed by atoms with van der Waals surface area (Å²) in [6.45, 7) is 6.37. The van der Waals surface area contributed by atoms with Gasteiger partial charge in [0.15, 0.2) is 0 Å². The highest BCUT2D eigenvalue weighted by Gasteiger charge is 2.35. The number of hydrogen-bond donors (Lipinski definition) is 1. The molecule has 2 aromatic heterocycles. The molecular weight excluding hydrogens is 457 g/mol. The van der Waals surface area contributed by atoms with Crippen LogP contribution in [0.5, 0.6) is 5.75 Å². The number of aromatic nitrogens is 2. The Morgan fingerprint density at radius 3 is 2.63 bits per heavy atom. The molecular formula is C26H27F3N4O2. The molecule has 0 aliphatic carbocycles. The lowest BCUT2D eigenvalue weighted by molar-refractivity contribution is -0.138. The Bertz CT molecular complexity index is 1280. The molecule has 0 radical (unpaired) electrons. The Kier molecular flexibility index (Phi) is 7.78. The van der Waals surface area contributed by atoms with Crippen LogP contribution < -0.4 is 10.1 Å². The average Bonchev–Trinajstić information content (AvgIpc) is 2.78. The Hall–Kier alpha value is -3.88. The van der Waals surface area contributed by atoms with Crippen LogP contribution in [0.15, 0.2) is 55.3 Å². The molecule has 0 aliphatic rings. The number of nitrogens with zero attached hydrogens (tertiary/aromatic N) is 3. The lowest BCUT2D eigenvalue weighted by Crippen LogP contribution is -2.23. The number of carbonyl (C=O) groups is 1. The molecule has 3 rings (SSSR count). The van der Waals surface area contributed by atoms with Gasteiger partial charge in [0, 0.05) is 55.1 Å². The molecule has 9 heteroatoms. The van der Waals surface area contributed by atoms with Crippen molar-refractivity contribution >= 4 is 22.5 Å². The molecule has 0 aliphatic heterocycles. The van der Waals surface area contributed by atoms with E-state index >= 15 is 0 Å².